The summed E-state index contributed by atoms with van der Waals surface area (Å²) in [6, 6.07) is 1.65. The summed E-state index contributed by atoms with van der Waals surface area (Å²) in [5, 5.41) is 0. The van der Waals surface area contributed by atoms with Crippen LogP contribution in [0.1, 0.15) is 25.3 Å². The second kappa shape index (κ2) is 5.05. The maximum atomic E-state index is 12.6. The minimum absolute atomic E-state index is 0.0784. The lowest BCUT2D eigenvalue weighted by Gasteiger charge is -2.24. The molecule has 1 unspecified atom stereocenters. The van der Waals surface area contributed by atoms with Crippen molar-refractivity contribution >= 4 is 11.4 Å². The van der Waals surface area contributed by atoms with Crippen LogP contribution in [0.3, 0.4) is 0 Å². The highest BCUT2D eigenvalue weighted by atomic mass is 19.4. The summed E-state index contributed by atoms with van der Waals surface area (Å²) >= 11 is 0. The predicted octanol–water partition coefficient (Wildman–Crippen LogP) is 2.82. The molecule has 1 aliphatic heterocycles. The van der Waals surface area contributed by atoms with E-state index in [1.165, 1.54) is 0 Å². The average Bonchev–Trinajstić information content (AvgIpc) is 2.74. The largest absolute Gasteiger partial charge is 0.486 e. The van der Waals surface area contributed by atoms with Crippen LogP contribution < -0.4 is 16.2 Å². The van der Waals surface area contributed by atoms with Gasteiger partial charge in [0.2, 0.25) is 0 Å². The molecule has 112 valence electrons. The predicted molar refractivity (Wildman–Crippen MR) is 69.4 cm³/mol. The Balaban J connectivity index is 2.16. The summed E-state index contributed by atoms with van der Waals surface area (Å²) in [5.41, 5.74) is 9.62. The van der Waals surface area contributed by atoms with E-state index in [-0.39, 0.29) is 23.7 Å². The number of benzene rings is 1. The Hall–Kier alpha value is -1.63. The van der Waals surface area contributed by atoms with Crippen molar-refractivity contribution in [3.63, 3.8) is 0 Å². The molecule has 4 N–H and O–H groups in total. The van der Waals surface area contributed by atoms with Crippen molar-refractivity contribution in [2.75, 3.05) is 24.7 Å². The quantitative estimate of drug-likeness (QED) is 0.840. The fraction of sp³-hybridized carbons (Fsp3) is 0.538. The Morgan fingerprint density at radius 3 is 2.35 bits per heavy atom. The topological polar surface area (TPSA) is 70.5 Å². The molecule has 0 spiro atoms. The van der Waals surface area contributed by atoms with Gasteiger partial charge >= 0.3 is 6.18 Å². The SMILES string of the molecule is CC1(COc2c(N)cc(C(F)(F)F)cc2N)CCCO1. The Labute approximate surface area is 114 Å². The standard InChI is InChI=1S/C13H17F3N2O2/c1-12(3-2-4-20-12)7-19-11-9(17)5-8(6-10(11)18)13(14,15)16/h5-6H,2-4,7,17-18H2,1H3. The third-order valence-electron chi connectivity index (χ3n) is 3.30. The normalized spacial score (nSPS) is 23.0. The molecule has 0 aromatic heterocycles. The van der Waals surface area contributed by atoms with Crippen LogP contribution in [0, 0.1) is 0 Å². The lowest BCUT2D eigenvalue weighted by molar-refractivity contribution is -0.137. The van der Waals surface area contributed by atoms with Crippen molar-refractivity contribution in [1.29, 1.82) is 0 Å². The number of halogens is 3. The minimum atomic E-state index is -4.48. The number of rotatable bonds is 3. The molecule has 1 saturated heterocycles. The third-order valence-corrected chi connectivity index (χ3v) is 3.30. The number of alkyl halides is 3. The van der Waals surface area contributed by atoms with Gasteiger partial charge in [0.15, 0.2) is 5.75 Å². The molecule has 0 saturated carbocycles. The first-order valence-electron chi connectivity index (χ1n) is 6.24. The van der Waals surface area contributed by atoms with E-state index in [4.69, 9.17) is 20.9 Å². The summed E-state index contributed by atoms with van der Waals surface area (Å²) in [6.07, 6.45) is -2.73. The van der Waals surface area contributed by atoms with Crippen LogP contribution in [-0.4, -0.2) is 18.8 Å². The second-order valence-electron chi connectivity index (χ2n) is 5.17. The van der Waals surface area contributed by atoms with Crippen molar-refractivity contribution < 1.29 is 22.6 Å². The molecule has 4 nitrogen and oxygen atoms in total. The zero-order chi connectivity index (χ0) is 15.0. The smallest absolute Gasteiger partial charge is 0.416 e. The van der Waals surface area contributed by atoms with E-state index in [9.17, 15) is 13.2 Å². The number of hydrogen-bond acceptors (Lipinski definition) is 4. The molecule has 1 aromatic rings. The Morgan fingerprint density at radius 1 is 1.30 bits per heavy atom. The maximum Gasteiger partial charge on any atom is 0.416 e. The van der Waals surface area contributed by atoms with Gasteiger partial charge in [-0.1, -0.05) is 0 Å². The fourth-order valence-electron chi connectivity index (χ4n) is 2.18. The molecule has 0 aliphatic carbocycles. The van der Waals surface area contributed by atoms with Gasteiger partial charge in [-0.05, 0) is 31.9 Å². The van der Waals surface area contributed by atoms with E-state index in [0.717, 1.165) is 25.0 Å². The molecule has 20 heavy (non-hydrogen) atoms. The van der Waals surface area contributed by atoms with Gasteiger partial charge in [0.05, 0.1) is 22.5 Å². The van der Waals surface area contributed by atoms with Crippen molar-refractivity contribution in [1.82, 2.24) is 0 Å². The van der Waals surface area contributed by atoms with E-state index in [1.807, 2.05) is 6.92 Å². The first-order chi connectivity index (χ1) is 9.21. The number of nitrogen functional groups attached to an aromatic ring is 2. The zero-order valence-corrected chi connectivity index (χ0v) is 11.1. The molecular weight excluding hydrogens is 273 g/mol. The van der Waals surface area contributed by atoms with Crippen LogP contribution in [0.4, 0.5) is 24.5 Å². The molecule has 0 bridgehead atoms. The van der Waals surface area contributed by atoms with Crippen LogP contribution in [0.25, 0.3) is 0 Å². The molecule has 1 heterocycles. The molecular formula is C13H17F3N2O2. The summed E-state index contributed by atoms with van der Waals surface area (Å²) in [7, 11) is 0. The zero-order valence-electron chi connectivity index (χ0n) is 11.1. The molecule has 0 radical (unpaired) electrons. The van der Waals surface area contributed by atoms with Crippen molar-refractivity contribution in [3.8, 4) is 5.75 Å². The van der Waals surface area contributed by atoms with Crippen LogP contribution in [-0.2, 0) is 10.9 Å². The Bertz CT molecular complexity index is 474. The molecule has 1 atom stereocenters. The minimum Gasteiger partial charge on any atom is -0.486 e. The van der Waals surface area contributed by atoms with E-state index in [2.05, 4.69) is 0 Å². The van der Waals surface area contributed by atoms with Gasteiger partial charge < -0.3 is 20.9 Å². The summed E-state index contributed by atoms with van der Waals surface area (Å²) < 4.78 is 48.8. The van der Waals surface area contributed by atoms with Gasteiger partial charge in [0.25, 0.3) is 0 Å². The lowest BCUT2D eigenvalue weighted by atomic mass is 10.0. The number of ether oxygens (including phenoxy) is 2. The van der Waals surface area contributed by atoms with E-state index in [1.54, 1.807) is 0 Å². The highest BCUT2D eigenvalue weighted by Crippen LogP contribution is 2.38. The first kappa shape index (κ1) is 14.8. The molecule has 1 aliphatic rings. The van der Waals surface area contributed by atoms with Crippen LogP contribution >= 0.6 is 0 Å². The summed E-state index contributed by atoms with van der Waals surface area (Å²) in [4.78, 5) is 0. The van der Waals surface area contributed by atoms with Gasteiger partial charge in [-0.25, -0.2) is 0 Å². The summed E-state index contributed by atoms with van der Waals surface area (Å²) in [5.74, 6) is 0.0784. The molecule has 7 heteroatoms. The Kier molecular flexibility index (Phi) is 3.73. The van der Waals surface area contributed by atoms with Gasteiger partial charge in [-0.15, -0.1) is 0 Å². The van der Waals surface area contributed by atoms with Crippen molar-refractivity contribution in [3.05, 3.63) is 17.7 Å². The van der Waals surface area contributed by atoms with Crippen molar-refractivity contribution in [2.45, 2.75) is 31.5 Å². The molecule has 0 amide bonds. The highest BCUT2D eigenvalue weighted by Gasteiger charge is 2.33. The van der Waals surface area contributed by atoms with E-state index in [0.29, 0.717) is 6.61 Å². The van der Waals surface area contributed by atoms with Crippen LogP contribution in [0.15, 0.2) is 12.1 Å². The average molecular weight is 290 g/mol. The molecule has 2 rings (SSSR count). The summed E-state index contributed by atoms with van der Waals surface area (Å²) in [6.45, 7) is 2.74. The van der Waals surface area contributed by atoms with Gasteiger partial charge in [-0.2, -0.15) is 13.2 Å². The monoisotopic (exact) mass is 290 g/mol. The van der Waals surface area contributed by atoms with Crippen LogP contribution in [0.5, 0.6) is 5.75 Å². The van der Waals surface area contributed by atoms with Gasteiger partial charge in [0.1, 0.15) is 6.61 Å². The van der Waals surface area contributed by atoms with E-state index < -0.39 is 17.3 Å². The van der Waals surface area contributed by atoms with Crippen LogP contribution in [0.2, 0.25) is 0 Å². The first-order valence-corrected chi connectivity index (χ1v) is 6.24. The lowest BCUT2D eigenvalue weighted by Crippen LogP contribution is -2.31. The highest BCUT2D eigenvalue weighted by molar-refractivity contribution is 5.69. The van der Waals surface area contributed by atoms with Crippen molar-refractivity contribution in [2.24, 2.45) is 0 Å². The van der Waals surface area contributed by atoms with Gasteiger partial charge in [-0.3, -0.25) is 0 Å². The van der Waals surface area contributed by atoms with Gasteiger partial charge in [0, 0.05) is 6.61 Å². The number of nitrogens with two attached hydrogens (primary N) is 2. The third kappa shape index (κ3) is 3.09. The molecule has 1 aromatic carbocycles. The Morgan fingerprint density at radius 2 is 1.90 bits per heavy atom. The maximum absolute atomic E-state index is 12.6. The molecule has 1 fully saturated rings. The fourth-order valence-corrected chi connectivity index (χ4v) is 2.18. The number of hydrogen-bond donors (Lipinski definition) is 2. The van der Waals surface area contributed by atoms with E-state index >= 15 is 0 Å². The second-order valence-corrected chi connectivity index (χ2v) is 5.17. The number of anilines is 2.